The molecule has 0 bridgehead atoms. The van der Waals surface area contributed by atoms with Gasteiger partial charge < -0.3 is 10.8 Å². The van der Waals surface area contributed by atoms with E-state index in [1.165, 1.54) is 4.68 Å². The summed E-state index contributed by atoms with van der Waals surface area (Å²) in [7, 11) is 1.80. The average molecular weight is 361 g/mol. The van der Waals surface area contributed by atoms with Gasteiger partial charge in [-0.1, -0.05) is 6.07 Å². The Morgan fingerprint density at radius 1 is 1.35 bits per heavy atom. The molecule has 7 nitrogen and oxygen atoms in total. The minimum Gasteiger partial charge on any atom is -0.387 e. The molecule has 1 amide bonds. The molecule has 0 radical (unpaired) electrons. The molecule has 0 unspecified atom stereocenters. The lowest BCUT2D eigenvalue weighted by molar-refractivity contribution is -0.210. The minimum absolute atomic E-state index is 0.0485. The van der Waals surface area contributed by atoms with E-state index in [0.29, 0.717) is 10.9 Å². The lowest BCUT2D eigenvalue weighted by atomic mass is 9.76. The fraction of sp³-hybridized carbons (Fsp3) is 0.353. The number of aromatic nitrogens is 4. The number of nitrogens with two attached hydrogens (primary N) is 1. The van der Waals surface area contributed by atoms with Crippen LogP contribution in [-0.2, 0) is 13.6 Å². The largest absolute Gasteiger partial charge is 0.387 e. The summed E-state index contributed by atoms with van der Waals surface area (Å²) in [6, 6.07) is 5.30. The van der Waals surface area contributed by atoms with E-state index in [-0.39, 0.29) is 12.2 Å². The van der Waals surface area contributed by atoms with Gasteiger partial charge in [0.15, 0.2) is 5.69 Å². The topological polar surface area (TPSA) is 99.0 Å². The van der Waals surface area contributed by atoms with E-state index in [4.69, 9.17) is 5.73 Å². The molecular formula is C17H17F2N5O2. The Morgan fingerprint density at radius 3 is 2.65 bits per heavy atom. The van der Waals surface area contributed by atoms with Crippen LogP contribution in [0.2, 0.25) is 0 Å². The first-order valence-corrected chi connectivity index (χ1v) is 8.05. The number of carbonyl (C=O) groups is 1. The predicted molar refractivity (Wildman–Crippen MR) is 89.6 cm³/mol. The third-order valence-electron chi connectivity index (χ3n) is 4.64. The van der Waals surface area contributed by atoms with Crippen LogP contribution in [0.15, 0.2) is 30.6 Å². The van der Waals surface area contributed by atoms with Gasteiger partial charge in [-0.05, 0) is 17.7 Å². The quantitative estimate of drug-likeness (QED) is 0.739. The summed E-state index contributed by atoms with van der Waals surface area (Å²) in [5.74, 6) is -3.58. The van der Waals surface area contributed by atoms with Crippen molar-refractivity contribution in [3.8, 4) is 11.1 Å². The monoisotopic (exact) mass is 361 g/mol. The zero-order valence-electron chi connectivity index (χ0n) is 14.0. The maximum Gasteiger partial charge on any atom is 0.269 e. The van der Waals surface area contributed by atoms with Crippen molar-refractivity contribution in [3.63, 3.8) is 0 Å². The van der Waals surface area contributed by atoms with E-state index in [1.807, 2.05) is 12.3 Å². The number of hydrogen-bond donors (Lipinski definition) is 2. The number of carbonyl (C=O) groups excluding carboxylic acids is 1. The van der Waals surface area contributed by atoms with Gasteiger partial charge in [0.05, 0.1) is 23.9 Å². The second-order valence-electron chi connectivity index (χ2n) is 6.94. The molecule has 9 heteroatoms. The number of hydrogen-bond acceptors (Lipinski definition) is 4. The normalized spacial score (nSPS) is 18.0. The maximum absolute atomic E-state index is 13.2. The summed E-state index contributed by atoms with van der Waals surface area (Å²) < 4.78 is 29.4. The van der Waals surface area contributed by atoms with Crippen molar-refractivity contribution < 1.29 is 18.7 Å². The van der Waals surface area contributed by atoms with E-state index in [2.05, 4.69) is 10.2 Å². The smallest absolute Gasteiger partial charge is 0.269 e. The van der Waals surface area contributed by atoms with Crippen molar-refractivity contribution in [3.05, 3.63) is 36.3 Å². The van der Waals surface area contributed by atoms with E-state index in [1.54, 1.807) is 30.1 Å². The van der Waals surface area contributed by atoms with Crippen LogP contribution in [0.3, 0.4) is 0 Å². The number of aryl methyl sites for hydroxylation is 1. The van der Waals surface area contributed by atoms with Gasteiger partial charge in [0.25, 0.3) is 11.8 Å². The zero-order valence-corrected chi connectivity index (χ0v) is 14.0. The van der Waals surface area contributed by atoms with Gasteiger partial charge in [0, 0.05) is 37.0 Å². The fourth-order valence-electron chi connectivity index (χ4n) is 3.53. The van der Waals surface area contributed by atoms with Crippen LogP contribution in [0.25, 0.3) is 22.0 Å². The van der Waals surface area contributed by atoms with Gasteiger partial charge in [-0.25, -0.2) is 8.78 Å². The highest BCUT2D eigenvalue weighted by molar-refractivity contribution is 6.04. The van der Waals surface area contributed by atoms with Crippen molar-refractivity contribution in [2.24, 2.45) is 12.8 Å². The van der Waals surface area contributed by atoms with Crippen LogP contribution in [-0.4, -0.2) is 42.1 Å². The lowest BCUT2D eigenvalue weighted by Gasteiger charge is -2.43. The molecule has 2 aromatic heterocycles. The summed E-state index contributed by atoms with van der Waals surface area (Å²) in [5.41, 5.74) is 6.11. The Balaban J connectivity index is 1.79. The summed E-state index contributed by atoms with van der Waals surface area (Å²) in [6.07, 6.45) is 2.26. The first kappa shape index (κ1) is 16.6. The van der Waals surface area contributed by atoms with Crippen molar-refractivity contribution >= 4 is 16.8 Å². The molecule has 136 valence electrons. The molecule has 1 saturated carbocycles. The van der Waals surface area contributed by atoms with Gasteiger partial charge in [-0.2, -0.15) is 10.2 Å². The molecule has 0 saturated heterocycles. The van der Waals surface area contributed by atoms with Crippen molar-refractivity contribution in [1.29, 1.82) is 0 Å². The number of primary amides is 1. The number of benzene rings is 1. The number of amides is 1. The van der Waals surface area contributed by atoms with Crippen LogP contribution < -0.4 is 5.73 Å². The van der Waals surface area contributed by atoms with Gasteiger partial charge in [-0.3, -0.25) is 14.2 Å². The number of alkyl halides is 2. The molecular weight excluding hydrogens is 344 g/mol. The first-order valence-electron chi connectivity index (χ1n) is 8.05. The molecule has 4 rings (SSSR count). The first-order chi connectivity index (χ1) is 12.2. The SMILES string of the molecule is Cn1cc(-c2ccc3c(C(N)=O)nn(CC4(O)CC(F)(F)C4)c3c2)cn1. The van der Waals surface area contributed by atoms with Crippen LogP contribution >= 0.6 is 0 Å². The minimum atomic E-state index is -2.87. The molecule has 2 heterocycles. The molecule has 3 aromatic rings. The highest BCUT2D eigenvalue weighted by Crippen LogP contribution is 2.46. The maximum atomic E-state index is 13.2. The van der Waals surface area contributed by atoms with Gasteiger partial charge >= 0.3 is 0 Å². The molecule has 1 aliphatic rings. The van der Waals surface area contributed by atoms with E-state index >= 15 is 0 Å². The second-order valence-corrected chi connectivity index (χ2v) is 6.94. The number of fused-ring (bicyclic) bond motifs is 1. The highest BCUT2D eigenvalue weighted by Gasteiger charge is 2.56. The van der Waals surface area contributed by atoms with Gasteiger partial charge in [-0.15, -0.1) is 0 Å². The van der Waals surface area contributed by atoms with E-state index in [0.717, 1.165) is 11.1 Å². The molecule has 0 atom stereocenters. The van der Waals surface area contributed by atoms with Gasteiger partial charge in [0.2, 0.25) is 0 Å². The Kier molecular flexibility index (Phi) is 3.42. The Hall–Kier alpha value is -2.81. The third-order valence-corrected chi connectivity index (χ3v) is 4.64. The second kappa shape index (κ2) is 5.34. The zero-order chi connectivity index (χ0) is 18.7. The van der Waals surface area contributed by atoms with Crippen LogP contribution in [0, 0.1) is 0 Å². The molecule has 1 aliphatic carbocycles. The van der Waals surface area contributed by atoms with Crippen LogP contribution in [0.4, 0.5) is 8.78 Å². The lowest BCUT2D eigenvalue weighted by Crippen LogP contribution is -2.54. The summed E-state index contributed by atoms with van der Waals surface area (Å²) in [5, 5.41) is 19.1. The number of nitrogens with zero attached hydrogens (tertiary/aromatic N) is 4. The molecule has 1 fully saturated rings. The number of halogens is 2. The number of rotatable bonds is 4. The molecule has 1 aromatic carbocycles. The fourth-order valence-corrected chi connectivity index (χ4v) is 3.53. The summed E-state index contributed by atoms with van der Waals surface area (Å²) >= 11 is 0. The van der Waals surface area contributed by atoms with Crippen molar-refractivity contribution in [2.45, 2.75) is 30.9 Å². The number of aliphatic hydroxyl groups is 1. The predicted octanol–water partition coefficient (Wildman–Crippen LogP) is 1.70. The third kappa shape index (κ3) is 2.74. The Labute approximate surface area is 147 Å². The molecule has 0 spiro atoms. The van der Waals surface area contributed by atoms with Crippen molar-refractivity contribution in [1.82, 2.24) is 19.6 Å². The summed E-state index contributed by atoms with van der Waals surface area (Å²) in [4.78, 5) is 11.7. The Bertz CT molecular complexity index is 1020. The van der Waals surface area contributed by atoms with Crippen molar-refractivity contribution in [2.75, 3.05) is 0 Å². The highest BCUT2D eigenvalue weighted by atomic mass is 19.3. The standard InChI is InChI=1S/C17H17F2N5O2/c1-23-6-11(5-21-23)10-2-3-12-13(4-10)24(22-14(12)15(20)25)9-16(26)7-17(18,19)8-16/h2-6,26H,7-9H2,1H3,(H2,20,25). The van der Waals surface area contributed by atoms with Crippen LogP contribution in [0.1, 0.15) is 23.3 Å². The molecule has 26 heavy (non-hydrogen) atoms. The van der Waals surface area contributed by atoms with Crippen LogP contribution in [0.5, 0.6) is 0 Å². The average Bonchev–Trinajstić information content (AvgIpc) is 3.09. The molecule has 3 N–H and O–H groups in total. The van der Waals surface area contributed by atoms with E-state index in [9.17, 15) is 18.7 Å². The van der Waals surface area contributed by atoms with E-state index < -0.39 is 30.3 Å². The Morgan fingerprint density at radius 2 is 2.08 bits per heavy atom. The van der Waals surface area contributed by atoms with Gasteiger partial charge in [0.1, 0.15) is 0 Å². The molecule has 0 aliphatic heterocycles. The summed E-state index contributed by atoms with van der Waals surface area (Å²) in [6.45, 7) is -0.136.